The number of imidazole rings is 1. The third-order valence-electron chi connectivity index (χ3n) is 3.36. The van der Waals surface area contributed by atoms with Gasteiger partial charge in [0.25, 0.3) is 0 Å². The third kappa shape index (κ3) is 2.76. The summed E-state index contributed by atoms with van der Waals surface area (Å²) in [6, 6.07) is 12.0. The van der Waals surface area contributed by atoms with Crippen LogP contribution in [0.25, 0.3) is 11.0 Å². The standard InChI is InChI=1S/C16H13Cl2FN2/c1-10(17)16-20-14-4-2-3-13(18)15(14)21(16)9-11-5-7-12(19)8-6-11/h2-8,10H,9H2,1H3. The van der Waals surface area contributed by atoms with Gasteiger partial charge in [-0.3, -0.25) is 0 Å². The zero-order chi connectivity index (χ0) is 15.0. The van der Waals surface area contributed by atoms with Crippen molar-refractivity contribution in [2.75, 3.05) is 0 Å². The SMILES string of the molecule is CC(Cl)c1nc2cccc(Cl)c2n1Cc1ccc(F)cc1. The van der Waals surface area contributed by atoms with Crippen LogP contribution in [0, 0.1) is 5.82 Å². The average Bonchev–Trinajstić information content (AvgIpc) is 2.82. The summed E-state index contributed by atoms with van der Waals surface area (Å²) < 4.78 is 15.0. The van der Waals surface area contributed by atoms with Gasteiger partial charge in [-0.1, -0.05) is 29.8 Å². The van der Waals surface area contributed by atoms with Crippen LogP contribution in [-0.2, 0) is 6.54 Å². The molecule has 0 saturated carbocycles. The van der Waals surface area contributed by atoms with Crippen molar-refractivity contribution in [1.82, 2.24) is 9.55 Å². The van der Waals surface area contributed by atoms with Crippen molar-refractivity contribution in [3.05, 3.63) is 64.7 Å². The van der Waals surface area contributed by atoms with Gasteiger partial charge in [-0.2, -0.15) is 0 Å². The molecule has 3 aromatic rings. The average molecular weight is 323 g/mol. The monoisotopic (exact) mass is 322 g/mol. The summed E-state index contributed by atoms with van der Waals surface area (Å²) in [6.07, 6.45) is 0. The first kappa shape index (κ1) is 14.4. The molecule has 0 fully saturated rings. The molecule has 0 radical (unpaired) electrons. The Morgan fingerprint density at radius 3 is 2.57 bits per heavy atom. The first-order valence-electron chi connectivity index (χ1n) is 6.59. The molecule has 1 unspecified atom stereocenters. The quantitative estimate of drug-likeness (QED) is 0.608. The van der Waals surface area contributed by atoms with Gasteiger partial charge in [0.15, 0.2) is 0 Å². The number of alkyl halides is 1. The largest absolute Gasteiger partial charge is 0.321 e. The van der Waals surface area contributed by atoms with E-state index in [1.165, 1.54) is 12.1 Å². The molecule has 21 heavy (non-hydrogen) atoms. The van der Waals surface area contributed by atoms with E-state index in [1.807, 2.05) is 29.7 Å². The maximum absolute atomic E-state index is 13.0. The molecule has 1 heterocycles. The van der Waals surface area contributed by atoms with E-state index in [2.05, 4.69) is 4.98 Å². The van der Waals surface area contributed by atoms with Crippen LogP contribution in [0.15, 0.2) is 42.5 Å². The maximum atomic E-state index is 13.0. The normalized spacial score (nSPS) is 12.8. The smallest absolute Gasteiger partial charge is 0.128 e. The van der Waals surface area contributed by atoms with Crippen LogP contribution in [0.2, 0.25) is 5.02 Å². The van der Waals surface area contributed by atoms with Crippen molar-refractivity contribution in [2.24, 2.45) is 0 Å². The van der Waals surface area contributed by atoms with Crippen molar-refractivity contribution < 1.29 is 4.39 Å². The maximum Gasteiger partial charge on any atom is 0.128 e. The van der Waals surface area contributed by atoms with Gasteiger partial charge in [-0.25, -0.2) is 9.37 Å². The Bertz CT molecular complexity index is 779. The van der Waals surface area contributed by atoms with Crippen LogP contribution in [0.3, 0.4) is 0 Å². The van der Waals surface area contributed by atoms with Crippen molar-refractivity contribution >= 4 is 34.2 Å². The second-order valence-corrected chi connectivity index (χ2v) is 5.97. The van der Waals surface area contributed by atoms with Crippen LogP contribution in [0.4, 0.5) is 4.39 Å². The minimum Gasteiger partial charge on any atom is -0.321 e. The number of nitrogens with zero attached hydrogens (tertiary/aromatic N) is 2. The van der Waals surface area contributed by atoms with Crippen LogP contribution >= 0.6 is 23.2 Å². The van der Waals surface area contributed by atoms with Crippen molar-refractivity contribution in [1.29, 1.82) is 0 Å². The van der Waals surface area contributed by atoms with Crippen LogP contribution in [-0.4, -0.2) is 9.55 Å². The van der Waals surface area contributed by atoms with Gasteiger partial charge in [0.2, 0.25) is 0 Å². The summed E-state index contributed by atoms with van der Waals surface area (Å²) in [4.78, 5) is 4.56. The van der Waals surface area contributed by atoms with Gasteiger partial charge in [0, 0.05) is 6.54 Å². The fourth-order valence-electron chi connectivity index (χ4n) is 2.40. The van der Waals surface area contributed by atoms with Crippen molar-refractivity contribution in [3.63, 3.8) is 0 Å². The molecular weight excluding hydrogens is 310 g/mol. The zero-order valence-corrected chi connectivity index (χ0v) is 12.9. The number of para-hydroxylation sites is 1. The molecule has 1 aromatic heterocycles. The van der Waals surface area contributed by atoms with Gasteiger partial charge in [0.1, 0.15) is 11.6 Å². The predicted molar refractivity (Wildman–Crippen MR) is 84.5 cm³/mol. The van der Waals surface area contributed by atoms with E-state index in [0.29, 0.717) is 11.6 Å². The highest BCUT2D eigenvalue weighted by Gasteiger charge is 2.17. The fraction of sp³-hybridized carbons (Fsp3) is 0.188. The lowest BCUT2D eigenvalue weighted by atomic mass is 10.2. The summed E-state index contributed by atoms with van der Waals surface area (Å²) in [5, 5.41) is 0.389. The molecule has 0 N–H and O–H groups in total. The number of aromatic nitrogens is 2. The minimum absolute atomic E-state index is 0.242. The summed E-state index contributed by atoms with van der Waals surface area (Å²) in [7, 11) is 0. The number of fused-ring (bicyclic) bond motifs is 1. The van der Waals surface area contributed by atoms with Gasteiger partial charge in [-0.15, -0.1) is 11.6 Å². The molecule has 0 amide bonds. The number of hydrogen-bond acceptors (Lipinski definition) is 1. The molecule has 0 saturated heterocycles. The molecule has 108 valence electrons. The van der Waals surface area contributed by atoms with Gasteiger partial charge in [-0.05, 0) is 36.8 Å². The molecule has 0 aliphatic heterocycles. The fourth-order valence-corrected chi connectivity index (χ4v) is 2.83. The zero-order valence-electron chi connectivity index (χ0n) is 11.4. The van der Waals surface area contributed by atoms with Gasteiger partial charge >= 0.3 is 0 Å². The van der Waals surface area contributed by atoms with E-state index in [-0.39, 0.29) is 11.2 Å². The molecule has 2 aromatic carbocycles. The number of benzene rings is 2. The molecule has 1 atom stereocenters. The molecule has 0 spiro atoms. The Hall–Kier alpha value is -1.58. The van der Waals surface area contributed by atoms with Crippen LogP contribution in [0.5, 0.6) is 0 Å². The summed E-state index contributed by atoms with van der Waals surface area (Å²) in [5.74, 6) is 0.502. The van der Waals surface area contributed by atoms with E-state index < -0.39 is 0 Å². The Balaban J connectivity index is 2.15. The minimum atomic E-state index is -0.252. The summed E-state index contributed by atoms with van der Waals surface area (Å²) in [5.41, 5.74) is 2.63. The van der Waals surface area contributed by atoms with Crippen molar-refractivity contribution in [2.45, 2.75) is 18.8 Å². The second-order valence-electron chi connectivity index (χ2n) is 4.91. The number of rotatable bonds is 3. The lowest BCUT2D eigenvalue weighted by Gasteiger charge is -2.11. The van der Waals surface area contributed by atoms with E-state index in [9.17, 15) is 4.39 Å². The summed E-state index contributed by atoms with van der Waals surface area (Å²) >= 11 is 12.5. The van der Waals surface area contributed by atoms with Gasteiger partial charge in [0.05, 0.1) is 21.4 Å². The Morgan fingerprint density at radius 1 is 1.19 bits per heavy atom. The molecule has 0 bridgehead atoms. The van der Waals surface area contributed by atoms with Crippen molar-refractivity contribution in [3.8, 4) is 0 Å². The number of hydrogen-bond donors (Lipinski definition) is 0. The van der Waals surface area contributed by atoms with Crippen LogP contribution in [0.1, 0.15) is 23.7 Å². The van der Waals surface area contributed by atoms with E-state index in [0.717, 1.165) is 22.4 Å². The number of halogens is 3. The highest BCUT2D eigenvalue weighted by Crippen LogP contribution is 2.30. The molecule has 2 nitrogen and oxygen atoms in total. The van der Waals surface area contributed by atoms with E-state index >= 15 is 0 Å². The first-order valence-corrected chi connectivity index (χ1v) is 7.41. The van der Waals surface area contributed by atoms with Gasteiger partial charge < -0.3 is 4.57 Å². The predicted octanol–water partition coefficient (Wildman–Crippen LogP) is 5.18. The highest BCUT2D eigenvalue weighted by molar-refractivity contribution is 6.35. The van der Waals surface area contributed by atoms with E-state index in [4.69, 9.17) is 23.2 Å². The highest BCUT2D eigenvalue weighted by atomic mass is 35.5. The Morgan fingerprint density at radius 2 is 1.90 bits per heavy atom. The van der Waals surface area contributed by atoms with Crippen LogP contribution < -0.4 is 0 Å². The molecular formula is C16H13Cl2FN2. The lowest BCUT2D eigenvalue weighted by molar-refractivity contribution is 0.626. The summed E-state index contributed by atoms with van der Waals surface area (Å²) in [6.45, 7) is 2.42. The Labute approximate surface area is 132 Å². The topological polar surface area (TPSA) is 17.8 Å². The second kappa shape index (κ2) is 5.66. The first-order chi connectivity index (χ1) is 10.1. The lowest BCUT2D eigenvalue weighted by Crippen LogP contribution is -2.06. The molecule has 3 rings (SSSR count). The molecule has 5 heteroatoms. The third-order valence-corrected chi connectivity index (χ3v) is 3.86. The molecule has 0 aliphatic rings. The molecule has 0 aliphatic carbocycles. The van der Waals surface area contributed by atoms with E-state index in [1.54, 1.807) is 12.1 Å². The Kier molecular flexibility index (Phi) is 3.87.